The average Bonchev–Trinajstić information content (AvgIpc) is 2.81. The summed E-state index contributed by atoms with van der Waals surface area (Å²) in [6, 6.07) is 3.30. The van der Waals surface area contributed by atoms with E-state index in [1.165, 1.54) is 6.07 Å². The molecule has 1 heterocycles. The standard InChI is InChI=1S/C12H11F2N3O2/c1-17(2)11-4-8(14)7(13)3-6(11)9-5-10(12(18)19)16-15-9/h3-5H,1-2H3,(H,15,16)(H,18,19). The lowest BCUT2D eigenvalue weighted by Crippen LogP contribution is -2.11. The molecule has 0 aliphatic carbocycles. The highest BCUT2D eigenvalue weighted by Gasteiger charge is 2.16. The molecular formula is C12H11F2N3O2. The number of nitrogens with one attached hydrogen (secondary N) is 1. The number of aromatic carboxylic acids is 1. The van der Waals surface area contributed by atoms with Gasteiger partial charge in [0.1, 0.15) is 5.69 Å². The summed E-state index contributed by atoms with van der Waals surface area (Å²) < 4.78 is 26.6. The molecular weight excluding hydrogens is 256 g/mol. The Bertz CT molecular complexity index is 638. The zero-order valence-corrected chi connectivity index (χ0v) is 10.2. The van der Waals surface area contributed by atoms with Crippen LogP contribution in [0.3, 0.4) is 0 Å². The number of halogens is 2. The molecule has 2 aromatic rings. The van der Waals surface area contributed by atoms with E-state index < -0.39 is 17.6 Å². The highest BCUT2D eigenvalue weighted by atomic mass is 19.2. The van der Waals surface area contributed by atoms with Crippen LogP contribution in [0.2, 0.25) is 0 Å². The van der Waals surface area contributed by atoms with Crippen LogP contribution in [-0.2, 0) is 0 Å². The van der Waals surface area contributed by atoms with Crippen LogP contribution in [0.4, 0.5) is 14.5 Å². The molecule has 0 radical (unpaired) electrons. The fourth-order valence-electron chi connectivity index (χ4n) is 1.68. The highest BCUT2D eigenvalue weighted by Crippen LogP contribution is 2.31. The molecule has 0 atom stereocenters. The molecule has 100 valence electrons. The second-order valence-electron chi connectivity index (χ2n) is 4.15. The van der Waals surface area contributed by atoms with Crippen LogP contribution in [0.1, 0.15) is 10.5 Å². The van der Waals surface area contributed by atoms with Gasteiger partial charge >= 0.3 is 5.97 Å². The third-order valence-electron chi connectivity index (χ3n) is 2.60. The van der Waals surface area contributed by atoms with Gasteiger partial charge in [0.25, 0.3) is 0 Å². The van der Waals surface area contributed by atoms with E-state index in [2.05, 4.69) is 10.2 Å². The summed E-state index contributed by atoms with van der Waals surface area (Å²) >= 11 is 0. The lowest BCUT2D eigenvalue weighted by atomic mass is 10.1. The molecule has 0 fully saturated rings. The number of carbonyl (C=O) groups is 1. The number of hydrogen-bond donors (Lipinski definition) is 2. The van der Waals surface area contributed by atoms with E-state index in [4.69, 9.17) is 5.11 Å². The predicted molar refractivity (Wildman–Crippen MR) is 65.2 cm³/mol. The summed E-state index contributed by atoms with van der Waals surface area (Å²) in [6.07, 6.45) is 0. The van der Waals surface area contributed by atoms with Crippen LogP contribution >= 0.6 is 0 Å². The summed E-state index contributed by atoms with van der Waals surface area (Å²) in [5, 5.41) is 14.9. The number of aromatic nitrogens is 2. The third kappa shape index (κ3) is 2.40. The lowest BCUT2D eigenvalue weighted by molar-refractivity contribution is 0.0690. The molecule has 0 aliphatic rings. The summed E-state index contributed by atoms with van der Waals surface area (Å²) in [6.45, 7) is 0. The number of aromatic amines is 1. The minimum atomic E-state index is -1.17. The summed E-state index contributed by atoms with van der Waals surface area (Å²) in [4.78, 5) is 12.4. The third-order valence-corrected chi connectivity index (χ3v) is 2.60. The SMILES string of the molecule is CN(C)c1cc(F)c(F)cc1-c1cc(C(=O)O)[nH]n1. The summed E-state index contributed by atoms with van der Waals surface area (Å²) in [5.74, 6) is -3.16. The number of H-pyrrole nitrogens is 1. The first-order chi connectivity index (χ1) is 8.90. The Kier molecular flexibility index (Phi) is 3.20. The van der Waals surface area contributed by atoms with Crippen molar-refractivity contribution >= 4 is 11.7 Å². The Hall–Kier alpha value is -2.44. The monoisotopic (exact) mass is 267 g/mol. The van der Waals surface area contributed by atoms with Crippen molar-refractivity contribution in [1.82, 2.24) is 10.2 Å². The van der Waals surface area contributed by atoms with Gasteiger partial charge in [-0.1, -0.05) is 0 Å². The number of hydrogen-bond acceptors (Lipinski definition) is 3. The second kappa shape index (κ2) is 4.68. The van der Waals surface area contributed by atoms with Gasteiger partial charge < -0.3 is 10.0 Å². The van der Waals surface area contributed by atoms with Gasteiger partial charge in [-0.2, -0.15) is 5.10 Å². The first kappa shape index (κ1) is 13.0. The Labute approximate surface area is 107 Å². The van der Waals surface area contributed by atoms with E-state index >= 15 is 0 Å². The number of benzene rings is 1. The van der Waals surface area contributed by atoms with Gasteiger partial charge in [0.15, 0.2) is 11.6 Å². The van der Waals surface area contributed by atoms with Crippen molar-refractivity contribution in [2.24, 2.45) is 0 Å². The number of carboxylic acids is 1. The highest BCUT2D eigenvalue weighted by molar-refractivity contribution is 5.88. The van der Waals surface area contributed by atoms with Crippen molar-refractivity contribution in [1.29, 1.82) is 0 Å². The van der Waals surface area contributed by atoms with Crippen LogP contribution in [0, 0.1) is 11.6 Å². The van der Waals surface area contributed by atoms with Crippen LogP contribution < -0.4 is 4.90 Å². The van der Waals surface area contributed by atoms with Crippen LogP contribution in [0.15, 0.2) is 18.2 Å². The van der Waals surface area contributed by atoms with E-state index in [1.807, 2.05) is 0 Å². The molecule has 0 aliphatic heterocycles. The zero-order chi connectivity index (χ0) is 14.2. The molecule has 1 aromatic heterocycles. The molecule has 0 saturated heterocycles. The smallest absolute Gasteiger partial charge is 0.353 e. The van der Waals surface area contributed by atoms with E-state index in [1.54, 1.807) is 19.0 Å². The van der Waals surface area contributed by atoms with Crippen LogP contribution in [0.25, 0.3) is 11.3 Å². The van der Waals surface area contributed by atoms with Crippen LogP contribution in [0.5, 0.6) is 0 Å². The molecule has 0 unspecified atom stereocenters. The number of anilines is 1. The maximum absolute atomic E-state index is 13.3. The summed E-state index contributed by atoms with van der Waals surface area (Å²) in [7, 11) is 3.34. The average molecular weight is 267 g/mol. The first-order valence-electron chi connectivity index (χ1n) is 5.35. The van der Waals surface area contributed by atoms with Gasteiger partial charge in [0.05, 0.1) is 5.69 Å². The van der Waals surface area contributed by atoms with Crippen molar-refractivity contribution < 1.29 is 18.7 Å². The molecule has 1 aromatic carbocycles. The minimum Gasteiger partial charge on any atom is -0.477 e. The fraction of sp³-hybridized carbons (Fsp3) is 0.167. The quantitative estimate of drug-likeness (QED) is 0.893. The van der Waals surface area contributed by atoms with Crippen molar-refractivity contribution in [3.05, 3.63) is 35.5 Å². The number of carboxylic acid groups (broad SMARTS) is 1. The molecule has 0 spiro atoms. The predicted octanol–water partition coefficient (Wildman–Crippen LogP) is 2.12. The zero-order valence-electron chi connectivity index (χ0n) is 10.2. The van der Waals surface area contributed by atoms with Gasteiger partial charge in [-0.15, -0.1) is 0 Å². The van der Waals surface area contributed by atoms with Crippen molar-refractivity contribution in [2.45, 2.75) is 0 Å². The van der Waals surface area contributed by atoms with Gasteiger partial charge in [-0.05, 0) is 12.1 Å². The maximum Gasteiger partial charge on any atom is 0.353 e. The van der Waals surface area contributed by atoms with Crippen molar-refractivity contribution in [2.75, 3.05) is 19.0 Å². The van der Waals surface area contributed by atoms with Gasteiger partial charge in [-0.3, -0.25) is 5.10 Å². The van der Waals surface area contributed by atoms with Crippen molar-refractivity contribution in [3.63, 3.8) is 0 Å². The topological polar surface area (TPSA) is 69.2 Å². The van der Waals surface area contributed by atoms with E-state index in [-0.39, 0.29) is 11.4 Å². The lowest BCUT2D eigenvalue weighted by Gasteiger charge is -2.16. The molecule has 0 bridgehead atoms. The molecule has 5 nitrogen and oxygen atoms in total. The molecule has 0 saturated carbocycles. The number of nitrogens with zero attached hydrogens (tertiary/aromatic N) is 2. The normalized spacial score (nSPS) is 10.5. The Morgan fingerprint density at radius 1 is 1.26 bits per heavy atom. The van der Waals surface area contributed by atoms with E-state index in [0.29, 0.717) is 11.3 Å². The van der Waals surface area contributed by atoms with Gasteiger partial charge in [0.2, 0.25) is 0 Å². The molecule has 7 heteroatoms. The van der Waals surface area contributed by atoms with Gasteiger partial charge in [0, 0.05) is 31.4 Å². The second-order valence-corrected chi connectivity index (χ2v) is 4.15. The minimum absolute atomic E-state index is 0.121. The maximum atomic E-state index is 13.3. The Morgan fingerprint density at radius 2 is 1.89 bits per heavy atom. The molecule has 2 rings (SSSR count). The Balaban J connectivity index is 2.59. The van der Waals surface area contributed by atoms with Crippen LogP contribution in [-0.4, -0.2) is 35.4 Å². The summed E-state index contributed by atoms with van der Waals surface area (Å²) in [5.41, 5.74) is 0.833. The van der Waals surface area contributed by atoms with Gasteiger partial charge in [-0.25, -0.2) is 13.6 Å². The largest absolute Gasteiger partial charge is 0.477 e. The fourth-order valence-corrected chi connectivity index (χ4v) is 1.68. The molecule has 19 heavy (non-hydrogen) atoms. The molecule has 0 amide bonds. The number of rotatable bonds is 3. The molecule has 2 N–H and O–H groups in total. The van der Waals surface area contributed by atoms with Crippen molar-refractivity contribution in [3.8, 4) is 11.3 Å². The van der Waals surface area contributed by atoms with E-state index in [9.17, 15) is 13.6 Å². The first-order valence-corrected chi connectivity index (χ1v) is 5.35. The Morgan fingerprint density at radius 3 is 2.42 bits per heavy atom. The van der Waals surface area contributed by atoms with E-state index in [0.717, 1.165) is 12.1 Å².